The summed E-state index contributed by atoms with van der Waals surface area (Å²) in [7, 11) is 0. The van der Waals surface area contributed by atoms with Crippen molar-refractivity contribution in [3.63, 3.8) is 0 Å². The third-order valence-corrected chi connectivity index (χ3v) is 4.52. The zero-order chi connectivity index (χ0) is 17.7. The SMILES string of the molecule is C[C@@H]1COC(=O)N1c1cc(N)c2cnc(NC(=O)[C@@H]3C[C@@H]3F)cc2c1. The minimum absolute atomic E-state index is 0.0956. The molecular weight excluding hydrogens is 327 g/mol. The first-order valence-corrected chi connectivity index (χ1v) is 8.04. The maximum absolute atomic E-state index is 13.0. The van der Waals surface area contributed by atoms with Gasteiger partial charge in [0, 0.05) is 17.3 Å². The van der Waals surface area contributed by atoms with Crippen LogP contribution in [-0.4, -0.2) is 35.8 Å². The molecular formula is C17H17FN4O3. The zero-order valence-electron chi connectivity index (χ0n) is 13.5. The predicted molar refractivity (Wildman–Crippen MR) is 91.1 cm³/mol. The van der Waals surface area contributed by atoms with Crippen LogP contribution in [0, 0.1) is 5.92 Å². The van der Waals surface area contributed by atoms with E-state index in [1.807, 2.05) is 6.92 Å². The molecule has 1 aliphatic carbocycles. The maximum atomic E-state index is 13.0. The minimum Gasteiger partial charge on any atom is -0.447 e. The number of nitrogens with zero attached hydrogens (tertiary/aromatic N) is 2. The highest BCUT2D eigenvalue weighted by atomic mass is 19.1. The van der Waals surface area contributed by atoms with Gasteiger partial charge in [0.25, 0.3) is 0 Å². The van der Waals surface area contributed by atoms with Crippen LogP contribution in [0.1, 0.15) is 13.3 Å². The molecule has 0 unspecified atom stereocenters. The average molecular weight is 344 g/mol. The molecule has 2 amide bonds. The number of rotatable bonds is 3. The largest absolute Gasteiger partial charge is 0.447 e. The van der Waals surface area contributed by atoms with E-state index in [1.165, 1.54) is 4.90 Å². The van der Waals surface area contributed by atoms with Gasteiger partial charge < -0.3 is 15.8 Å². The number of benzene rings is 1. The van der Waals surface area contributed by atoms with Crippen molar-refractivity contribution in [3.8, 4) is 0 Å². The monoisotopic (exact) mass is 344 g/mol. The first-order valence-electron chi connectivity index (χ1n) is 8.04. The van der Waals surface area contributed by atoms with Gasteiger partial charge in [0.1, 0.15) is 18.6 Å². The number of amides is 2. The first-order chi connectivity index (χ1) is 11.9. The average Bonchev–Trinajstić information content (AvgIpc) is 3.20. The van der Waals surface area contributed by atoms with E-state index in [2.05, 4.69) is 10.3 Å². The Hall–Kier alpha value is -2.90. The van der Waals surface area contributed by atoms with Crippen LogP contribution < -0.4 is 16.0 Å². The second-order valence-electron chi connectivity index (χ2n) is 6.47. The van der Waals surface area contributed by atoms with Crippen molar-refractivity contribution in [1.29, 1.82) is 0 Å². The molecule has 1 aromatic carbocycles. The number of hydrogen-bond acceptors (Lipinski definition) is 5. The fourth-order valence-electron chi connectivity index (χ4n) is 3.01. The summed E-state index contributed by atoms with van der Waals surface area (Å²) in [6.07, 6.45) is 0.322. The van der Waals surface area contributed by atoms with Gasteiger partial charge in [0.05, 0.1) is 17.6 Å². The molecule has 25 heavy (non-hydrogen) atoms. The molecule has 2 fully saturated rings. The highest BCUT2D eigenvalue weighted by Gasteiger charge is 2.43. The smallest absolute Gasteiger partial charge is 0.414 e. The van der Waals surface area contributed by atoms with Gasteiger partial charge in [0.2, 0.25) is 5.91 Å². The fraction of sp³-hybridized carbons (Fsp3) is 0.353. The lowest BCUT2D eigenvalue weighted by Gasteiger charge is -2.19. The standard InChI is InChI=1S/C17H17FN4O3/c1-8-7-25-17(24)22(8)10-2-9-3-15(20-6-12(9)14(19)4-10)21-16(23)11-5-13(11)18/h2-4,6,8,11,13H,5,7,19H2,1H3,(H,20,21,23)/t8-,11-,13+/m1/s1. The Bertz CT molecular complexity index is 888. The number of alkyl halides is 1. The summed E-state index contributed by atoms with van der Waals surface area (Å²) < 4.78 is 18.0. The summed E-state index contributed by atoms with van der Waals surface area (Å²) in [5.74, 6) is -0.639. The van der Waals surface area contributed by atoms with E-state index in [1.54, 1.807) is 24.4 Å². The van der Waals surface area contributed by atoms with Gasteiger partial charge in [-0.2, -0.15) is 0 Å². The highest BCUT2D eigenvalue weighted by Crippen LogP contribution is 2.35. The van der Waals surface area contributed by atoms with E-state index in [4.69, 9.17) is 10.5 Å². The number of carbonyl (C=O) groups excluding carboxylic acids is 2. The fourth-order valence-corrected chi connectivity index (χ4v) is 3.01. The highest BCUT2D eigenvalue weighted by molar-refractivity contribution is 6.02. The Labute approximate surface area is 142 Å². The van der Waals surface area contributed by atoms with Gasteiger partial charge in [-0.25, -0.2) is 14.2 Å². The lowest BCUT2D eigenvalue weighted by molar-refractivity contribution is -0.117. The molecule has 130 valence electrons. The summed E-state index contributed by atoms with van der Waals surface area (Å²) in [6.45, 7) is 2.20. The molecule has 0 radical (unpaired) electrons. The Kier molecular flexibility index (Phi) is 3.48. The molecule has 0 spiro atoms. The molecule has 1 aromatic heterocycles. The van der Waals surface area contributed by atoms with Crippen molar-refractivity contribution < 1.29 is 18.7 Å². The number of nitrogens with one attached hydrogen (secondary N) is 1. The number of carbonyl (C=O) groups is 2. The van der Waals surface area contributed by atoms with Crippen molar-refractivity contribution in [2.24, 2.45) is 5.92 Å². The third kappa shape index (κ3) is 2.73. The third-order valence-electron chi connectivity index (χ3n) is 4.52. The number of nitrogens with two attached hydrogens (primary N) is 1. The summed E-state index contributed by atoms with van der Waals surface area (Å²) in [5, 5.41) is 4.04. The molecule has 1 saturated heterocycles. The Morgan fingerprint density at radius 3 is 2.84 bits per heavy atom. The number of cyclic esters (lactones) is 1. The van der Waals surface area contributed by atoms with Gasteiger partial charge in [-0.1, -0.05) is 0 Å². The van der Waals surface area contributed by atoms with Crippen LogP contribution in [0.4, 0.5) is 26.4 Å². The van der Waals surface area contributed by atoms with Gasteiger partial charge in [-0.3, -0.25) is 9.69 Å². The molecule has 2 aliphatic rings. The van der Waals surface area contributed by atoms with Gasteiger partial charge >= 0.3 is 6.09 Å². The van der Waals surface area contributed by atoms with Gasteiger partial charge in [-0.15, -0.1) is 0 Å². The second-order valence-corrected chi connectivity index (χ2v) is 6.47. The molecule has 1 aliphatic heterocycles. The Balaban J connectivity index is 1.68. The van der Waals surface area contributed by atoms with E-state index in [9.17, 15) is 14.0 Å². The van der Waals surface area contributed by atoms with Crippen molar-refractivity contribution >= 4 is 40.0 Å². The molecule has 1 saturated carbocycles. The molecule has 7 nitrogen and oxygen atoms in total. The molecule has 4 rings (SSSR count). The number of aromatic nitrogens is 1. The van der Waals surface area contributed by atoms with Crippen molar-refractivity contribution in [3.05, 3.63) is 24.4 Å². The second kappa shape index (κ2) is 5.58. The number of nitrogen functional groups attached to an aromatic ring is 1. The van der Waals surface area contributed by atoms with Crippen LogP contribution in [0.3, 0.4) is 0 Å². The number of fused-ring (bicyclic) bond motifs is 1. The van der Waals surface area contributed by atoms with Crippen LogP contribution in [0.5, 0.6) is 0 Å². The van der Waals surface area contributed by atoms with E-state index in [0.717, 1.165) is 5.39 Å². The topological polar surface area (TPSA) is 97.6 Å². The van der Waals surface area contributed by atoms with E-state index < -0.39 is 18.2 Å². The molecule has 2 heterocycles. The predicted octanol–water partition coefficient (Wildman–Crippen LogP) is 2.46. The lowest BCUT2D eigenvalue weighted by atomic mass is 10.1. The van der Waals surface area contributed by atoms with Gasteiger partial charge in [0.15, 0.2) is 0 Å². The maximum Gasteiger partial charge on any atom is 0.414 e. The van der Waals surface area contributed by atoms with Crippen LogP contribution in [0.2, 0.25) is 0 Å². The van der Waals surface area contributed by atoms with Crippen molar-refractivity contribution in [2.45, 2.75) is 25.6 Å². The van der Waals surface area contributed by atoms with Crippen LogP contribution in [-0.2, 0) is 9.53 Å². The Morgan fingerprint density at radius 1 is 1.44 bits per heavy atom. The van der Waals surface area contributed by atoms with Crippen molar-refractivity contribution in [1.82, 2.24) is 4.98 Å². The number of ether oxygens (including phenoxy) is 1. The molecule has 3 N–H and O–H groups in total. The van der Waals surface area contributed by atoms with Crippen LogP contribution >= 0.6 is 0 Å². The number of halogens is 1. The number of pyridine rings is 1. The van der Waals surface area contributed by atoms with Crippen molar-refractivity contribution in [2.75, 3.05) is 22.6 Å². The van der Waals surface area contributed by atoms with E-state index in [0.29, 0.717) is 29.2 Å². The molecule has 2 aromatic rings. The quantitative estimate of drug-likeness (QED) is 0.834. The molecule has 3 atom stereocenters. The minimum atomic E-state index is -1.06. The number of hydrogen-bond donors (Lipinski definition) is 2. The van der Waals surface area contributed by atoms with E-state index >= 15 is 0 Å². The van der Waals surface area contributed by atoms with Crippen LogP contribution in [0.15, 0.2) is 24.4 Å². The summed E-state index contributed by atoms with van der Waals surface area (Å²) in [4.78, 5) is 29.5. The van der Waals surface area contributed by atoms with Gasteiger partial charge in [-0.05, 0) is 36.9 Å². The normalized spacial score (nSPS) is 25.1. The summed E-state index contributed by atoms with van der Waals surface area (Å²) in [5.41, 5.74) is 7.18. The number of anilines is 3. The molecule has 8 heteroatoms. The first kappa shape index (κ1) is 15.6. The zero-order valence-corrected chi connectivity index (χ0v) is 13.5. The van der Waals surface area contributed by atoms with Crippen LogP contribution in [0.25, 0.3) is 10.8 Å². The molecule has 0 bridgehead atoms. The van der Waals surface area contributed by atoms with E-state index in [-0.39, 0.29) is 18.4 Å². The summed E-state index contributed by atoms with van der Waals surface area (Å²) >= 11 is 0. The summed E-state index contributed by atoms with van der Waals surface area (Å²) in [6, 6.07) is 5.06. The Morgan fingerprint density at radius 2 is 2.20 bits per heavy atom. The lowest BCUT2D eigenvalue weighted by Crippen LogP contribution is -2.30.